The van der Waals surface area contributed by atoms with Gasteiger partial charge in [0.15, 0.2) is 0 Å². The van der Waals surface area contributed by atoms with Crippen LogP contribution in [0.3, 0.4) is 0 Å². The van der Waals surface area contributed by atoms with Crippen molar-refractivity contribution in [2.75, 3.05) is 26.2 Å². The van der Waals surface area contributed by atoms with E-state index in [1.807, 2.05) is 11.0 Å². The fourth-order valence-corrected chi connectivity index (χ4v) is 6.58. The van der Waals surface area contributed by atoms with E-state index in [-0.39, 0.29) is 10.8 Å². The van der Waals surface area contributed by atoms with Crippen molar-refractivity contribution in [2.24, 2.45) is 13.0 Å². The van der Waals surface area contributed by atoms with Crippen LogP contribution in [0.15, 0.2) is 41.3 Å². The molecule has 168 valence electrons. The molecule has 2 saturated heterocycles. The highest BCUT2D eigenvalue weighted by Gasteiger charge is 2.33. The summed E-state index contributed by atoms with van der Waals surface area (Å²) in [4.78, 5) is 15.1. The first-order chi connectivity index (χ1) is 14.9. The molecule has 2 aliphatic rings. The van der Waals surface area contributed by atoms with Gasteiger partial charge in [0.2, 0.25) is 10.0 Å². The number of hydrogen-bond donors (Lipinski definition) is 0. The molecule has 2 fully saturated rings. The van der Waals surface area contributed by atoms with Crippen molar-refractivity contribution in [2.45, 2.75) is 50.3 Å². The van der Waals surface area contributed by atoms with Gasteiger partial charge in [0.25, 0.3) is 5.91 Å². The molecule has 0 spiro atoms. The van der Waals surface area contributed by atoms with Crippen LogP contribution < -0.4 is 0 Å². The second kappa shape index (κ2) is 9.17. The molecule has 0 atom stereocenters. The quantitative estimate of drug-likeness (QED) is 0.709. The molecule has 4 rings (SSSR count). The van der Waals surface area contributed by atoms with Gasteiger partial charge in [0.1, 0.15) is 10.6 Å². The van der Waals surface area contributed by atoms with Crippen LogP contribution in [0.4, 0.5) is 0 Å². The molecular formula is C24H33N3O3S. The molecule has 1 amide bonds. The van der Waals surface area contributed by atoms with Crippen LogP contribution in [0.1, 0.15) is 53.8 Å². The molecule has 31 heavy (non-hydrogen) atoms. The minimum Gasteiger partial charge on any atom is -0.343 e. The van der Waals surface area contributed by atoms with Crippen molar-refractivity contribution in [3.8, 4) is 0 Å². The molecule has 1 aromatic carbocycles. The molecule has 0 saturated carbocycles. The predicted octanol–water partition coefficient (Wildman–Crippen LogP) is 3.60. The average Bonchev–Trinajstić information content (AvgIpc) is 3.10. The Morgan fingerprint density at radius 1 is 1.00 bits per heavy atom. The number of piperidine rings is 2. The lowest BCUT2D eigenvalue weighted by Gasteiger charge is -2.31. The highest BCUT2D eigenvalue weighted by molar-refractivity contribution is 7.89. The van der Waals surface area contributed by atoms with Crippen molar-refractivity contribution >= 4 is 15.9 Å². The maximum atomic E-state index is 13.4. The summed E-state index contributed by atoms with van der Waals surface area (Å²) in [6.45, 7) is 4.36. The first kappa shape index (κ1) is 22.1. The Hall–Kier alpha value is -2.12. The first-order valence-corrected chi connectivity index (χ1v) is 12.8. The smallest absolute Gasteiger partial charge is 0.270 e. The molecule has 2 aromatic rings. The van der Waals surface area contributed by atoms with Crippen LogP contribution in [-0.4, -0.2) is 54.3 Å². The van der Waals surface area contributed by atoms with Gasteiger partial charge in [0.05, 0.1) is 0 Å². The molecule has 0 aliphatic carbocycles. The number of carbonyl (C=O) groups is 1. The first-order valence-electron chi connectivity index (χ1n) is 11.4. The van der Waals surface area contributed by atoms with E-state index in [0.717, 1.165) is 51.6 Å². The van der Waals surface area contributed by atoms with E-state index in [2.05, 4.69) is 24.3 Å². The van der Waals surface area contributed by atoms with Gasteiger partial charge in [0, 0.05) is 38.9 Å². The SMILES string of the molecule is Cc1c(S(=O)(=O)N2CCC(Cc3ccccc3)CC2)cc(C(=O)N2CCCCC2)n1C. The summed E-state index contributed by atoms with van der Waals surface area (Å²) in [5, 5.41) is 0. The number of sulfonamides is 1. The predicted molar refractivity (Wildman–Crippen MR) is 122 cm³/mol. The highest BCUT2D eigenvalue weighted by atomic mass is 32.2. The summed E-state index contributed by atoms with van der Waals surface area (Å²) in [5.41, 5.74) is 2.41. The third-order valence-corrected chi connectivity index (χ3v) is 8.92. The van der Waals surface area contributed by atoms with Crippen LogP contribution in [0.25, 0.3) is 0 Å². The number of benzene rings is 1. The van der Waals surface area contributed by atoms with Gasteiger partial charge in [-0.15, -0.1) is 0 Å². The molecule has 7 heteroatoms. The third kappa shape index (κ3) is 4.58. The van der Waals surface area contributed by atoms with Gasteiger partial charge in [-0.1, -0.05) is 30.3 Å². The van der Waals surface area contributed by atoms with Crippen LogP contribution in [-0.2, 0) is 23.5 Å². The number of aromatic nitrogens is 1. The lowest BCUT2D eigenvalue weighted by atomic mass is 9.91. The summed E-state index contributed by atoms with van der Waals surface area (Å²) in [6, 6.07) is 12.0. The Bertz CT molecular complexity index is 1020. The normalized spacial score (nSPS) is 19.0. The number of nitrogens with zero attached hydrogens (tertiary/aromatic N) is 3. The van der Waals surface area contributed by atoms with Crippen molar-refractivity contribution in [3.05, 3.63) is 53.3 Å². The molecule has 3 heterocycles. The Labute approximate surface area is 185 Å². The van der Waals surface area contributed by atoms with Gasteiger partial charge < -0.3 is 9.47 Å². The Morgan fingerprint density at radius 2 is 1.65 bits per heavy atom. The lowest BCUT2D eigenvalue weighted by molar-refractivity contribution is 0.0714. The van der Waals surface area contributed by atoms with Crippen molar-refractivity contribution in [3.63, 3.8) is 0 Å². The minimum absolute atomic E-state index is 0.0617. The Kier molecular flexibility index (Phi) is 6.53. The molecule has 2 aliphatic heterocycles. The van der Waals surface area contributed by atoms with Crippen molar-refractivity contribution in [1.82, 2.24) is 13.8 Å². The number of rotatable bonds is 5. The molecule has 0 N–H and O–H groups in total. The van der Waals surface area contributed by atoms with E-state index < -0.39 is 10.0 Å². The largest absolute Gasteiger partial charge is 0.343 e. The molecule has 0 bridgehead atoms. The van der Waals surface area contributed by atoms with Crippen LogP contribution >= 0.6 is 0 Å². The van der Waals surface area contributed by atoms with Gasteiger partial charge in [-0.2, -0.15) is 4.31 Å². The number of hydrogen-bond acceptors (Lipinski definition) is 3. The van der Waals surface area contributed by atoms with Crippen LogP contribution in [0.2, 0.25) is 0 Å². The molecule has 0 radical (unpaired) electrons. The zero-order valence-corrected chi connectivity index (χ0v) is 19.4. The summed E-state index contributed by atoms with van der Waals surface area (Å²) in [5.74, 6) is 0.440. The summed E-state index contributed by atoms with van der Waals surface area (Å²) in [7, 11) is -1.82. The lowest BCUT2D eigenvalue weighted by Crippen LogP contribution is -2.39. The zero-order chi connectivity index (χ0) is 22.0. The third-order valence-electron chi connectivity index (χ3n) is 6.91. The standard InChI is InChI=1S/C24H33N3O3S/c1-19-23(18-22(25(19)2)24(28)26-13-7-4-8-14-26)31(29,30)27-15-11-21(12-16-27)17-20-9-5-3-6-10-20/h3,5-6,9-10,18,21H,4,7-8,11-17H2,1-2H3. The Balaban J connectivity index is 1.47. The molecular weight excluding hydrogens is 410 g/mol. The van der Waals surface area contributed by atoms with Crippen molar-refractivity contribution in [1.29, 1.82) is 0 Å². The van der Waals surface area contributed by atoms with Gasteiger partial charge >= 0.3 is 0 Å². The summed E-state index contributed by atoms with van der Waals surface area (Å²) < 4.78 is 30.2. The number of amides is 1. The average molecular weight is 444 g/mol. The number of carbonyl (C=O) groups excluding carboxylic acids is 1. The summed E-state index contributed by atoms with van der Waals surface area (Å²) in [6.07, 6.45) is 5.89. The van der Waals surface area contributed by atoms with E-state index in [4.69, 9.17) is 0 Å². The second-order valence-electron chi connectivity index (χ2n) is 8.93. The maximum absolute atomic E-state index is 13.4. The van der Waals surface area contributed by atoms with E-state index in [1.165, 1.54) is 5.56 Å². The van der Waals surface area contributed by atoms with Crippen LogP contribution in [0, 0.1) is 12.8 Å². The van der Waals surface area contributed by atoms with E-state index in [1.54, 1.807) is 28.9 Å². The second-order valence-corrected chi connectivity index (χ2v) is 10.8. The highest BCUT2D eigenvalue weighted by Crippen LogP contribution is 2.29. The van der Waals surface area contributed by atoms with E-state index >= 15 is 0 Å². The maximum Gasteiger partial charge on any atom is 0.270 e. The van der Waals surface area contributed by atoms with Crippen LogP contribution in [0.5, 0.6) is 0 Å². The van der Waals surface area contributed by atoms with E-state index in [0.29, 0.717) is 30.4 Å². The topological polar surface area (TPSA) is 62.6 Å². The summed E-state index contributed by atoms with van der Waals surface area (Å²) >= 11 is 0. The van der Waals surface area contributed by atoms with E-state index in [9.17, 15) is 13.2 Å². The fourth-order valence-electron chi connectivity index (χ4n) is 4.84. The van der Waals surface area contributed by atoms with Gasteiger partial charge in [-0.25, -0.2) is 8.42 Å². The zero-order valence-electron chi connectivity index (χ0n) is 18.6. The molecule has 6 nitrogen and oxygen atoms in total. The number of likely N-dealkylation sites (tertiary alicyclic amines) is 1. The van der Waals surface area contributed by atoms with Gasteiger partial charge in [-0.05, 0) is 63.0 Å². The monoisotopic (exact) mass is 443 g/mol. The minimum atomic E-state index is -3.61. The van der Waals surface area contributed by atoms with Gasteiger partial charge in [-0.3, -0.25) is 4.79 Å². The fraction of sp³-hybridized carbons (Fsp3) is 0.542. The van der Waals surface area contributed by atoms with Crippen molar-refractivity contribution < 1.29 is 13.2 Å². The molecule has 0 unspecified atom stereocenters. The molecule has 1 aromatic heterocycles. The Morgan fingerprint density at radius 3 is 2.29 bits per heavy atom.